The molecule has 1 aliphatic rings. The predicted molar refractivity (Wildman–Crippen MR) is 152 cm³/mol. The molecule has 0 amide bonds. The van der Waals surface area contributed by atoms with Gasteiger partial charge < -0.3 is 35.3 Å². The third kappa shape index (κ3) is 7.00. The van der Waals surface area contributed by atoms with Gasteiger partial charge in [0, 0.05) is 0 Å². The fourth-order valence-electron chi connectivity index (χ4n) is 4.23. The number of nitrogen functional groups attached to an aromatic ring is 1. The van der Waals surface area contributed by atoms with E-state index in [1.165, 1.54) is 24.9 Å². The maximum Gasteiger partial charge on any atom is 0.459 e. The molecule has 6 atom stereocenters. The number of esters is 1. The van der Waals surface area contributed by atoms with E-state index >= 15 is 0 Å². The van der Waals surface area contributed by atoms with Gasteiger partial charge in [-0.3, -0.25) is 13.9 Å². The molecule has 3 aromatic rings. The summed E-state index contributed by atoms with van der Waals surface area (Å²) in [7, 11) is -2.81. The van der Waals surface area contributed by atoms with E-state index in [9.17, 15) is 14.5 Å². The molecule has 4 rings (SSSR count). The van der Waals surface area contributed by atoms with E-state index in [2.05, 4.69) is 20.0 Å². The molecule has 0 bridgehead atoms. The molecule has 1 saturated heterocycles. The molecular weight excluding hydrogens is 569 g/mol. The first-order valence-electron chi connectivity index (χ1n) is 13.2. The number of aliphatic hydroxyl groups excluding tert-OH is 1. The Balaban J connectivity index is 1.54. The number of methoxy groups -OCH3 is 1. The number of aliphatic hydroxyl groups is 1. The van der Waals surface area contributed by atoms with Crippen molar-refractivity contribution in [1.82, 2.24) is 24.6 Å². The Kier molecular flexibility index (Phi) is 9.11. The van der Waals surface area contributed by atoms with Crippen LogP contribution in [-0.2, 0) is 23.4 Å². The van der Waals surface area contributed by atoms with Crippen LogP contribution in [0.2, 0.25) is 0 Å². The number of para-hydroxylation sites is 1. The number of ether oxygens (including phenoxy) is 3. The van der Waals surface area contributed by atoms with E-state index in [1.54, 1.807) is 37.3 Å². The highest BCUT2D eigenvalue weighted by atomic mass is 31.2. The van der Waals surface area contributed by atoms with Crippen molar-refractivity contribution in [3.05, 3.63) is 36.7 Å². The average Bonchev–Trinajstić information content (AvgIpc) is 3.43. The number of aromatic nitrogens is 4. The largest absolute Gasteiger partial charge is 0.479 e. The second-order valence-corrected chi connectivity index (χ2v) is 13.2. The van der Waals surface area contributed by atoms with Gasteiger partial charge in [0.2, 0.25) is 11.8 Å². The molecule has 1 fully saturated rings. The third-order valence-corrected chi connectivity index (χ3v) is 8.05. The van der Waals surface area contributed by atoms with E-state index in [0.717, 1.165) is 0 Å². The number of hydrogen-bond acceptors (Lipinski definition) is 13. The number of rotatable bonds is 11. The fourth-order valence-corrected chi connectivity index (χ4v) is 5.74. The smallest absolute Gasteiger partial charge is 0.459 e. The van der Waals surface area contributed by atoms with Crippen LogP contribution in [0.5, 0.6) is 11.6 Å². The molecule has 2 aromatic heterocycles. The molecule has 1 aliphatic heterocycles. The number of nitrogens with zero attached hydrogens (tertiary/aromatic N) is 4. The standard InChI is InChI=1S/C26H38N7O8P/c1-15(22(35)38-13-25(2,3)4)32-42(36,41-16-10-8-7-9-11-16)39-12-17-19(34)26(5,28)23(40-17)33-14-29-18-20(33)30-24(27)31-21(18)37-6/h7-11,14-15,17,19,23,34H,12-13,28H2,1-6H3,(H,32,36)(H2,27,30,31). The summed E-state index contributed by atoms with van der Waals surface area (Å²) in [6.45, 7) is 8.56. The van der Waals surface area contributed by atoms with Crippen molar-refractivity contribution in [1.29, 1.82) is 0 Å². The molecule has 0 aliphatic carbocycles. The fraction of sp³-hybridized carbons (Fsp3) is 0.538. The summed E-state index contributed by atoms with van der Waals surface area (Å²) in [5, 5.41) is 13.8. The summed E-state index contributed by atoms with van der Waals surface area (Å²) in [6.07, 6.45) is -1.93. The average molecular weight is 608 g/mol. The number of nitrogens with one attached hydrogen (secondary N) is 1. The molecule has 0 saturated carbocycles. The van der Waals surface area contributed by atoms with Gasteiger partial charge in [-0.25, -0.2) is 9.55 Å². The van der Waals surface area contributed by atoms with Crippen LogP contribution in [-0.4, -0.2) is 74.7 Å². The number of fused-ring (bicyclic) bond motifs is 1. The molecule has 0 radical (unpaired) electrons. The lowest BCUT2D eigenvalue weighted by molar-refractivity contribution is -0.148. The van der Waals surface area contributed by atoms with E-state index in [1.807, 2.05) is 20.8 Å². The van der Waals surface area contributed by atoms with Gasteiger partial charge in [-0.05, 0) is 31.4 Å². The number of hydrogen-bond donors (Lipinski definition) is 4. The highest BCUT2D eigenvalue weighted by molar-refractivity contribution is 7.52. The van der Waals surface area contributed by atoms with Gasteiger partial charge in [0.05, 0.1) is 32.2 Å². The SMILES string of the molecule is COc1nc(N)nc2c1ncn2C1OC(COP(=O)(NC(C)C(=O)OCC(C)(C)C)Oc2ccccc2)C(O)C1(C)N. The number of anilines is 1. The number of benzene rings is 1. The molecule has 230 valence electrons. The van der Waals surface area contributed by atoms with Crippen LogP contribution in [0.3, 0.4) is 0 Å². The first kappa shape index (κ1) is 31.6. The van der Waals surface area contributed by atoms with E-state index < -0.39 is 50.3 Å². The van der Waals surface area contributed by atoms with Crippen LogP contribution in [0, 0.1) is 5.41 Å². The van der Waals surface area contributed by atoms with Gasteiger partial charge in [0.1, 0.15) is 24.0 Å². The van der Waals surface area contributed by atoms with Gasteiger partial charge in [0.15, 0.2) is 17.4 Å². The monoisotopic (exact) mass is 607 g/mol. The summed E-state index contributed by atoms with van der Waals surface area (Å²) < 4.78 is 43.6. The van der Waals surface area contributed by atoms with E-state index in [0.29, 0.717) is 5.52 Å². The molecule has 6 N–H and O–H groups in total. The molecule has 16 heteroatoms. The van der Waals surface area contributed by atoms with Crippen LogP contribution >= 0.6 is 7.75 Å². The third-order valence-electron chi connectivity index (χ3n) is 6.41. The van der Waals surface area contributed by atoms with Crippen molar-refractivity contribution < 1.29 is 37.7 Å². The molecule has 42 heavy (non-hydrogen) atoms. The Labute approximate surface area is 243 Å². The second-order valence-electron chi connectivity index (χ2n) is 11.5. The Morgan fingerprint density at radius 1 is 1.29 bits per heavy atom. The minimum absolute atomic E-state index is 0.0570. The zero-order valence-corrected chi connectivity index (χ0v) is 25.3. The van der Waals surface area contributed by atoms with Gasteiger partial charge in [-0.15, -0.1) is 0 Å². The number of imidazole rings is 1. The van der Waals surface area contributed by atoms with Gasteiger partial charge in [-0.2, -0.15) is 15.1 Å². The minimum atomic E-state index is -4.23. The summed E-state index contributed by atoms with van der Waals surface area (Å²) in [4.78, 5) is 25.2. The minimum Gasteiger partial charge on any atom is -0.479 e. The predicted octanol–water partition coefficient (Wildman–Crippen LogP) is 2.16. The van der Waals surface area contributed by atoms with Crippen LogP contribution in [0.4, 0.5) is 5.95 Å². The van der Waals surface area contributed by atoms with Gasteiger partial charge in [0.25, 0.3) is 0 Å². The Morgan fingerprint density at radius 2 is 1.98 bits per heavy atom. The molecule has 0 spiro atoms. The Morgan fingerprint density at radius 3 is 2.62 bits per heavy atom. The maximum absolute atomic E-state index is 13.9. The lowest BCUT2D eigenvalue weighted by Crippen LogP contribution is -2.52. The van der Waals surface area contributed by atoms with Crippen molar-refractivity contribution >= 4 is 30.8 Å². The zero-order valence-electron chi connectivity index (χ0n) is 24.4. The van der Waals surface area contributed by atoms with Crippen LogP contribution in [0.25, 0.3) is 11.2 Å². The quantitative estimate of drug-likeness (QED) is 0.182. The Hall–Kier alpha value is -3.33. The first-order chi connectivity index (χ1) is 19.6. The lowest BCUT2D eigenvalue weighted by atomic mass is 9.93. The molecule has 1 aromatic carbocycles. The topological polar surface area (TPSA) is 208 Å². The van der Waals surface area contributed by atoms with Gasteiger partial charge >= 0.3 is 13.7 Å². The number of carbonyl (C=O) groups is 1. The molecule has 6 unspecified atom stereocenters. The molecule has 3 heterocycles. The van der Waals surface area contributed by atoms with Crippen LogP contribution in [0.15, 0.2) is 36.7 Å². The maximum atomic E-state index is 13.9. The number of carbonyl (C=O) groups excluding carboxylic acids is 1. The summed E-state index contributed by atoms with van der Waals surface area (Å²) >= 11 is 0. The zero-order chi connectivity index (χ0) is 30.9. The van der Waals surface area contributed by atoms with Crippen molar-refractivity contribution in [3.8, 4) is 11.6 Å². The van der Waals surface area contributed by atoms with E-state index in [-0.39, 0.29) is 35.2 Å². The van der Waals surface area contributed by atoms with Crippen molar-refractivity contribution in [2.75, 3.05) is 26.1 Å². The highest BCUT2D eigenvalue weighted by Gasteiger charge is 2.53. The normalized spacial score (nSPS) is 24.7. The van der Waals surface area contributed by atoms with Crippen molar-refractivity contribution in [2.24, 2.45) is 11.1 Å². The second kappa shape index (κ2) is 12.1. The Bertz CT molecular complexity index is 1450. The van der Waals surface area contributed by atoms with E-state index in [4.69, 9.17) is 34.7 Å². The van der Waals surface area contributed by atoms with Crippen LogP contribution < -0.4 is 25.8 Å². The summed E-state index contributed by atoms with van der Waals surface area (Å²) in [5.74, 6) is -0.304. The van der Waals surface area contributed by atoms with Crippen molar-refractivity contribution in [2.45, 2.75) is 64.6 Å². The molecular formula is C26H38N7O8P. The van der Waals surface area contributed by atoms with Crippen LogP contribution in [0.1, 0.15) is 40.8 Å². The lowest BCUT2D eigenvalue weighted by Gasteiger charge is -2.28. The number of nitrogens with two attached hydrogens (primary N) is 2. The summed E-state index contributed by atoms with van der Waals surface area (Å²) in [5.41, 5.74) is 11.3. The highest BCUT2D eigenvalue weighted by Crippen LogP contribution is 2.47. The molecule has 15 nitrogen and oxygen atoms in total. The van der Waals surface area contributed by atoms with Crippen molar-refractivity contribution in [3.63, 3.8) is 0 Å². The van der Waals surface area contributed by atoms with Gasteiger partial charge in [-0.1, -0.05) is 39.0 Å². The summed E-state index contributed by atoms with van der Waals surface area (Å²) in [6, 6.07) is 7.25. The first-order valence-corrected chi connectivity index (χ1v) is 14.8.